The van der Waals surface area contributed by atoms with Crippen LogP contribution in [0.2, 0.25) is 0 Å². The van der Waals surface area contributed by atoms with E-state index < -0.39 is 16.4 Å². The van der Waals surface area contributed by atoms with Crippen molar-refractivity contribution >= 4 is 5.69 Å². The number of hydrogen-bond acceptors (Lipinski definition) is 4. The molecule has 0 unspecified atom stereocenters. The van der Waals surface area contributed by atoms with Crippen molar-refractivity contribution in [1.82, 2.24) is 5.32 Å². The van der Waals surface area contributed by atoms with Gasteiger partial charge in [-0.05, 0) is 6.42 Å². The molecule has 0 fully saturated rings. The number of halogens is 1. The third-order valence-electron chi connectivity index (χ3n) is 2.64. The summed E-state index contributed by atoms with van der Waals surface area (Å²) in [5, 5.41) is 13.6. The number of rotatable bonds is 9. The summed E-state index contributed by atoms with van der Waals surface area (Å²) in [7, 11) is 0. The van der Waals surface area contributed by atoms with E-state index in [1.807, 2.05) is 0 Å². The van der Waals surface area contributed by atoms with Crippen LogP contribution in [0.15, 0.2) is 18.2 Å². The first-order chi connectivity index (χ1) is 9.16. The van der Waals surface area contributed by atoms with Crippen molar-refractivity contribution < 1.29 is 14.1 Å². The van der Waals surface area contributed by atoms with Crippen molar-refractivity contribution in [2.45, 2.75) is 26.3 Å². The molecule has 106 valence electrons. The Morgan fingerprint density at radius 3 is 2.89 bits per heavy atom. The maximum absolute atomic E-state index is 13.7. The molecule has 19 heavy (non-hydrogen) atoms. The topological polar surface area (TPSA) is 64.4 Å². The van der Waals surface area contributed by atoms with Gasteiger partial charge in [0.2, 0.25) is 5.82 Å². The minimum atomic E-state index is -0.771. The van der Waals surface area contributed by atoms with Crippen molar-refractivity contribution in [3.05, 3.63) is 39.7 Å². The quantitative estimate of drug-likeness (QED) is 0.425. The zero-order valence-electron chi connectivity index (χ0n) is 11.0. The molecule has 1 rings (SSSR count). The first-order valence-corrected chi connectivity index (χ1v) is 6.37. The number of ether oxygens (including phenoxy) is 1. The Morgan fingerprint density at radius 2 is 2.21 bits per heavy atom. The SMILES string of the molecule is CCCCOCCNCc1cccc([N+](=O)[O-])c1F. The Kier molecular flexibility index (Phi) is 6.99. The zero-order chi connectivity index (χ0) is 14.1. The van der Waals surface area contributed by atoms with Crippen LogP contribution in [-0.2, 0) is 11.3 Å². The highest BCUT2D eigenvalue weighted by Gasteiger charge is 2.16. The van der Waals surface area contributed by atoms with Crippen LogP contribution >= 0.6 is 0 Å². The summed E-state index contributed by atoms with van der Waals surface area (Å²) in [4.78, 5) is 9.86. The monoisotopic (exact) mass is 270 g/mol. The van der Waals surface area contributed by atoms with Crippen LogP contribution in [0.3, 0.4) is 0 Å². The van der Waals surface area contributed by atoms with Gasteiger partial charge in [0.05, 0.1) is 11.5 Å². The fourth-order valence-corrected chi connectivity index (χ4v) is 1.56. The summed E-state index contributed by atoms with van der Waals surface area (Å²) in [5.41, 5.74) is -0.193. The van der Waals surface area contributed by atoms with E-state index in [4.69, 9.17) is 4.74 Å². The third kappa shape index (κ3) is 5.32. The van der Waals surface area contributed by atoms with Gasteiger partial charge >= 0.3 is 5.69 Å². The number of hydrogen-bond donors (Lipinski definition) is 1. The molecule has 1 N–H and O–H groups in total. The van der Waals surface area contributed by atoms with Crippen molar-refractivity contribution in [1.29, 1.82) is 0 Å². The van der Waals surface area contributed by atoms with Crippen LogP contribution in [0, 0.1) is 15.9 Å². The molecular formula is C13H19FN2O3. The van der Waals surface area contributed by atoms with Crippen LogP contribution in [-0.4, -0.2) is 24.7 Å². The second-order valence-electron chi connectivity index (χ2n) is 4.15. The normalized spacial score (nSPS) is 10.6. The molecule has 1 aromatic rings. The predicted octanol–water partition coefficient (Wildman–Crippen LogP) is 2.64. The molecule has 0 aliphatic heterocycles. The van der Waals surface area contributed by atoms with Crippen molar-refractivity contribution in [2.75, 3.05) is 19.8 Å². The van der Waals surface area contributed by atoms with Gasteiger partial charge in [-0.1, -0.05) is 25.5 Å². The Labute approximate surface area is 111 Å². The van der Waals surface area contributed by atoms with Crippen LogP contribution in [0.1, 0.15) is 25.3 Å². The first kappa shape index (κ1) is 15.5. The van der Waals surface area contributed by atoms with E-state index in [1.54, 1.807) is 0 Å². The second-order valence-corrected chi connectivity index (χ2v) is 4.15. The van der Waals surface area contributed by atoms with E-state index in [0.29, 0.717) is 18.7 Å². The number of nitrogens with one attached hydrogen (secondary N) is 1. The summed E-state index contributed by atoms with van der Waals surface area (Å²) in [6.07, 6.45) is 2.12. The Morgan fingerprint density at radius 1 is 1.42 bits per heavy atom. The van der Waals surface area contributed by atoms with Crippen LogP contribution < -0.4 is 5.32 Å². The maximum Gasteiger partial charge on any atom is 0.305 e. The summed E-state index contributed by atoms with van der Waals surface area (Å²) < 4.78 is 19.0. The summed E-state index contributed by atoms with van der Waals surface area (Å²) >= 11 is 0. The molecule has 0 aliphatic rings. The fraction of sp³-hybridized carbons (Fsp3) is 0.538. The van der Waals surface area contributed by atoms with E-state index in [1.165, 1.54) is 12.1 Å². The zero-order valence-corrected chi connectivity index (χ0v) is 11.0. The lowest BCUT2D eigenvalue weighted by atomic mass is 10.2. The lowest BCUT2D eigenvalue weighted by molar-refractivity contribution is -0.387. The average molecular weight is 270 g/mol. The molecule has 0 radical (unpaired) electrons. The van der Waals surface area contributed by atoms with Gasteiger partial charge in [-0.25, -0.2) is 0 Å². The molecule has 5 nitrogen and oxygen atoms in total. The Bertz CT molecular complexity index is 413. The molecule has 0 aromatic heterocycles. The predicted molar refractivity (Wildman–Crippen MR) is 70.5 cm³/mol. The molecule has 0 spiro atoms. The molecular weight excluding hydrogens is 251 g/mol. The average Bonchev–Trinajstić information content (AvgIpc) is 2.39. The molecule has 6 heteroatoms. The number of nitro groups is 1. The van der Waals surface area contributed by atoms with Gasteiger partial charge < -0.3 is 10.1 Å². The summed E-state index contributed by atoms with van der Waals surface area (Å²) in [6, 6.07) is 4.18. The molecule has 0 bridgehead atoms. The molecule has 0 amide bonds. The number of nitrogens with zero attached hydrogens (tertiary/aromatic N) is 1. The van der Waals surface area contributed by atoms with E-state index in [9.17, 15) is 14.5 Å². The maximum atomic E-state index is 13.7. The summed E-state index contributed by atoms with van der Waals surface area (Å²) in [6.45, 7) is 4.21. The smallest absolute Gasteiger partial charge is 0.305 e. The number of benzene rings is 1. The molecule has 0 aliphatic carbocycles. The fourth-order valence-electron chi connectivity index (χ4n) is 1.56. The molecule has 0 atom stereocenters. The van der Waals surface area contributed by atoms with Gasteiger partial charge in [0.15, 0.2) is 0 Å². The molecule has 1 aromatic carbocycles. The van der Waals surface area contributed by atoms with Gasteiger partial charge in [0, 0.05) is 31.3 Å². The van der Waals surface area contributed by atoms with E-state index in [-0.39, 0.29) is 6.54 Å². The van der Waals surface area contributed by atoms with Crippen molar-refractivity contribution in [2.24, 2.45) is 0 Å². The Hall–Kier alpha value is -1.53. The molecule has 0 saturated carbocycles. The van der Waals surface area contributed by atoms with E-state index >= 15 is 0 Å². The highest BCUT2D eigenvalue weighted by atomic mass is 19.1. The van der Waals surface area contributed by atoms with Gasteiger partial charge in [-0.2, -0.15) is 4.39 Å². The summed E-state index contributed by atoms with van der Waals surface area (Å²) in [5.74, 6) is -0.771. The minimum absolute atomic E-state index is 0.255. The Balaban J connectivity index is 2.33. The van der Waals surface area contributed by atoms with Gasteiger partial charge in [-0.3, -0.25) is 10.1 Å². The van der Waals surface area contributed by atoms with Crippen LogP contribution in [0.5, 0.6) is 0 Å². The van der Waals surface area contributed by atoms with Gasteiger partial charge in [-0.15, -0.1) is 0 Å². The number of nitro benzene ring substituents is 1. The van der Waals surface area contributed by atoms with E-state index in [0.717, 1.165) is 25.5 Å². The molecule has 0 heterocycles. The highest BCUT2D eigenvalue weighted by molar-refractivity contribution is 5.36. The lowest BCUT2D eigenvalue weighted by Gasteiger charge is -2.07. The van der Waals surface area contributed by atoms with Gasteiger partial charge in [0.1, 0.15) is 0 Å². The first-order valence-electron chi connectivity index (χ1n) is 6.37. The third-order valence-corrected chi connectivity index (χ3v) is 2.64. The minimum Gasteiger partial charge on any atom is -0.380 e. The van der Waals surface area contributed by atoms with Crippen LogP contribution in [0.25, 0.3) is 0 Å². The molecule has 0 saturated heterocycles. The number of unbranched alkanes of at least 4 members (excludes halogenated alkanes) is 1. The van der Waals surface area contributed by atoms with Crippen molar-refractivity contribution in [3.8, 4) is 0 Å². The largest absolute Gasteiger partial charge is 0.380 e. The highest BCUT2D eigenvalue weighted by Crippen LogP contribution is 2.19. The van der Waals surface area contributed by atoms with Gasteiger partial charge in [0.25, 0.3) is 0 Å². The van der Waals surface area contributed by atoms with Crippen LogP contribution in [0.4, 0.5) is 10.1 Å². The standard InChI is InChI=1S/C13H19FN2O3/c1-2-3-8-19-9-7-15-10-11-5-4-6-12(13(11)14)16(17)18/h4-6,15H,2-3,7-10H2,1H3. The second kappa shape index (κ2) is 8.55. The lowest BCUT2D eigenvalue weighted by Crippen LogP contribution is -2.20. The van der Waals surface area contributed by atoms with Crippen molar-refractivity contribution in [3.63, 3.8) is 0 Å². The van der Waals surface area contributed by atoms with E-state index in [2.05, 4.69) is 12.2 Å².